The van der Waals surface area contributed by atoms with E-state index in [1.165, 1.54) is 10.6 Å². The van der Waals surface area contributed by atoms with Gasteiger partial charge in [0.1, 0.15) is 29.2 Å². The van der Waals surface area contributed by atoms with E-state index < -0.39 is 10.0 Å². The summed E-state index contributed by atoms with van der Waals surface area (Å²) in [4.78, 5) is 22.7. The summed E-state index contributed by atoms with van der Waals surface area (Å²) >= 11 is 0. The Morgan fingerprint density at radius 1 is 1.07 bits per heavy atom. The molecular formula is C20H19N7O2S. The third-order valence-electron chi connectivity index (χ3n) is 5.30. The second-order valence-electron chi connectivity index (χ2n) is 7.18. The average molecular weight is 421 g/mol. The van der Waals surface area contributed by atoms with Gasteiger partial charge in [0.25, 0.3) is 0 Å². The number of nitrogens with zero attached hydrogens (tertiary/aromatic N) is 7. The number of imidazole rings is 1. The molecule has 3 aromatic heterocycles. The van der Waals surface area contributed by atoms with Crippen molar-refractivity contribution in [3.05, 3.63) is 48.3 Å². The SMILES string of the molecule is CCn1c(-c2cnc(C)nc2)nc2c(-c3ccc4c(c3)CN(C)S4(=O)=O)ncnc21. The van der Waals surface area contributed by atoms with Gasteiger partial charge in [0.2, 0.25) is 10.0 Å². The Balaban J connectivity index is 1.70. The molecule has 152 valence electrons. The normalized spacial score (nSPS) is 15.6. The number of benzene rings is 1. The van der Waals surface area contributed by atoms with E-state index in [9.17, 15) is 8.42 Å². The van der Waals surface area contributed by atoms with Gasteiger partial charge < -0.3 is 4.57 Å². The number of aromatic nitrogens is 6. The quantitative estimate of drug-likeness (QED) is 0.500. The van der Waals surface area contributed by atoms with Gasteiger partial charge in [-0.15, -0.1) is 0 Å². The zero-order valence-electron chi connectivity index (χ0n) is 16.7. The van der Waals surface area contributed by atoms with Crippen molar-refractivity contribution >= 4 is 21.2 Å². The van der Waals surface area contributed by atoms with E-state index >= 15 is 0 Å². The molecule has 1 aromatic carbocycles. The molecule has 0 N–H and O–H groups in total. The summed E-state index contributed by atoms with van der Waals surface area (Å²) in [5.74, 6) is 1.41. The minimum Gasteiger partial charge on any atom is -0.309 e. The average Bonchev–Trinajstić information content (AvgIpc) is 3.22. The van der Waals surface area contributed by atoms with Gasteiger partial charge >= 0.3 is 0 Å². The predicted octanol–water partition coefficient (Wildman–Crippen LogP) is 2.41. The molecule has 1 aliphatic heterocycles. The molecule has 0 bridgehead atoms. The maximum absolute atomic E-state index is 12.4. The molecule has 5 rings (SSSR count). The molecule has 0 radical (unpaired) electrons. The van der Waals surface area contributed by atoms with Crippen LogP contribution in [0.2, 0.25) is 0 Å². The lowest BCUT2D eigenvalue weighted by atomic mass is 10.1. The van der Waals surface area contributed by atoms with Crippen molar-refractivity contribution in [2.45, 2.75) is 31.8 Å². The predicted molar refractivity (Wildman–Crippen MR) is 111 cm³/mol. The van der Waals surface area contributed by atoms with Crippen molar-refractivity contribution in [2.24, 2.45) is 0 Å². The molecule has 0 spiro atoms. The minimum atomic E-state index is -3.40. The molecule has 1 aliphatic rings. The fourth-order valence-corrected chi connectivity index (χ4v) is 5.11. The van der Waals surface area contributed by atoms with E-state index in [4.69, 9.17) is 4.98 Å². The third-order valence-corrected chi connectivity index (χ3v) is 7.21. The summed E-state index contributed by atoms with van der Waals surface area (Å²) in [6, 6.07) is 5.29. The molecule has 0 saturated heterocycles. The summed E-state index contributed by atoms with van der Waals surface area (Å²) in [6.07, 6.45) is 5.01. The van der Waals surface area contributed by atoms with Crippen molar-refractivity contribution in [3.8, 4) is 22.6 Å². The first-order valence-corrected chi connectivity index (χ1v) is 10.9. The lowest BCUT2D eigenvalue weighted by Gasteiger charge is -2.05. The van der Waals surface area contributed by atoms with Crippen LogP contribution < -0.4 is 0 Å². The van der Waals surface area contributed by atoms with E-state index in [1.54, 1.807) is 31.6 Å². The fraction of sp³-hybridized carbons (Fsp3) is 0.250. The highest BCUT2D eigenvalue weighted by Crippen LogP contribution is 2.34. The largest absolute Gasteiger partial charge is 0.309 e. The number of hydrogen-bond acceptors (Lipinski definition) is 7. The van der Waals surface area contributed by atoms with Gasteiger partial charge in [-0.25, -0.2) is 33.3 Å². The van der Waals surface area contributed by atoms with Crippen molar-refractivity contribution in [3.63, 3.8) is 0 Å². The van der Waals surface area contributed by atoms with Crippen LogP contribution in [-0.4, -0.2) is 49.3 Å². The lowest BCUT2D eigenvalue weighted by Crippen LogP contribution is -2.18. The Hall–Kier alpha value is -3.24. The van der Waals surface area contributed by atoms with Crippen LogP contribution in [0.5, 0.6) is 0 Å². The van der Waals surface area contributed by atoms with E-state index in [-0.39, 0.29) is 0 Å². The maximum Gasteiger partial charge on any atom is 0.243 e. The number of sulfonamides is 1. The standard InChI is InChI=1S/C20H19N7O2S/c1-4-27-19(15-8-21-12(2)22-9-15)25-18-17(23-11-24-20(18)27)13-5-6-16-14(7-13)10-26(3)30(16,28)29/h5-9,11H,4,10H2,1-3H3. The topological polar surface area (TPSA) is 107 Å². The summed E-state index contributed by atoms with van der Waals surface area (Å²) in [6.45, 7) is 4.87. The summed E-state index contributed by atoms with van der Waals surface area (Å²) < 4.78 is 28.1. The molecule has 0 saturated carbocycles. The monoisotopic (exact) mass is 421 g/mol. The highest BCUT2D eigenvalue weighted by Gasteiger charge is 2.32. The minimum absolute atomic E-state index is 0.342. The Kier molecular flexibility index (Phi) is 4.16. The zero-order chi connectivity index (χ0) is 21.0. The van der Waals surface area contributed by atoms with Crippen LogP contribution in [-0.2, 0) is 23.1 Å². The Morgan fingerprint density at radius 3 is 2.57 bits per heavy atom. The zero-order valence-corrected chi connectivity index (χ0v) is 17.6. The van der Waals surface area contributed by atoms with Crippen LogP contribution in [0, 0.1) is 6.92 Å². The summed E-state index contributed by atoms with van der Waals surface area (Å²) in [5.41, 5.74) is 4.39. The van der Waals surface area contributed by atoms with Crippen LogP contribution in [0.3, 0.4) is 0 Å². The van der Waals surface area contributed by atoms with Crippen LogP contribution >= 0.6 is 0 Å². The second kappa shape index (κ2) is 6.64. The molecule has 0 amide bonds. The highest BCUT2D eigenvalue weighted by molar-refractivity contribution is 7.89. The van der Waals surface area contributed by atoms with E-state index in [0.717, 1.165) is 22.5 Å². The summed E-state index contributed by atoms with van der Waals surface area (Å²) in [5, 5.41) is 0. The first kappa shape index (κ1) is 18.8. The van der Waals surface area contributed by atoms with Crippen LogP contribution in [0.4, 0.5) is 0 Å². The van der Waals surface area contributed by atoms with Gasteiger partial charge in [0.05, 0.1) is 10.5 Å². The fourth-order valence-electron chi connectivity index (χ4n) is 3.77. The molecule has 0 fully saturated rings. The molecule has 10 heteroatoms. The molecule has 9 nitrogen and oxygen atoms in total. The van der Waals surface area contributed by atoms with Crippen LogP contribution in [0.1, 0.15) is 18.3 Å². The number of hydrogen-bond donors (Lipinski definition) is 0. The first-order chi connectivity index (χ1) is 14.4. The van der Waals surface area contributed by atoms with Gasteiger partial charge in [0.15, 0.2) is 5.65 Å². The van der Waals surface area contributed by atoms with E-state index in [2.05, 4.69) is 19.9 Å². The molecule has 0 unspecified atom stereocenters. The van der Waals surface area contributed by atoms with Crippen molar-refractivity contribution in [1.29, 1.82) is 0 Å². The van der Waals surface area contributed by atoms with Crippen LogP contribution in [0.15, 0.2) is 41.8 Å². The Bertz CT molecular complexity index is 1390. The van der Waals surface area contributed by atoms with Gasteiger partial charge in [-0.3, -0.25) is 0 Å². The van der Waals surface area contributed by atoms with Crippen molar-refractivity contribution in [2.75, 3.05) is 7.05 Å². The Labute approximate surface area is 173 Å². The molecular weight excluding hydrogens is 402 g/mol. The van der Waals surface area contributed by atoms with Crippen molar-refractivity contribution in [1.82, 2.24) is 33.8 Å². The highest BCUT2D eigenvalue weighted by atomic mass is 32.2. The van der Waals surface area contributed by atoms with Gasteiger partial charge in [-0.05, 0) is 31.5 Å². The second-order valence-corrected chi connectivity index (χ2v) is 9.19. The number of aryl methyl sites for hydroxylation is 2. The Morgan fingerprint density at radius 2 is 1.83 bits per heavy atom. The first-order valence-electron chi connectivity index (χ1n) is 9.50. The molecule has 4 heterocycles. The van der Waals surface area contributed by atoms with Crippen LogP contribution in [0.25, 0.3) is 33.8 Å². The van der Waals surface area contributed by atoms with Gasteiger partial charge in [-0.1, -0.05) is 6.07 Å². The van der Waals surface area contributed by atoms with Crippen molar-refractivity contribution < 1.29 is 8.42 Å². The summed E-state index contributed by atoms with van der Waals surface area (Å²) in [7, 11) is -1.82. The third kappa shape index (κ3) is 2.71. The van der Waals surface area contributed by atoms with E-state index in [1.807, 2.05) is 24.5 Å². The maximum atomic E-state index is 12.4. The smallest absolute Gasteiger partial charge is 0.243 e. The number of rotatable bonds is 3. The van der Waals surface area contributed by atoms with Gasteiger partial charge in [0, 0.05) is 38.1 Å². The van der Waals surface area contributed by atoms with E-state index in [0.29, 0.717) is 40.7 Å². The molecule has 0 atom stereocenters. The molecule has 4 aromatic rings. The number of fused-ring (bicyclic) bond motifs is 2. The molecule has 0 aliphatic carbocycles. The van der Waals surface area contributed by atoms with Gasteiger partial charge in [-0.2, -0.15) is 4.31 Å². The molecule has 30 heavy (non-hydrogen) atoms. The lowest BCUT2D eigenvalue weighted by molar-refractivity contribution is 0.488.